The predicted molar refractivity (Wildman–Crippen MR) is 99.7 cm³/mol. The van der Waals surface area contributed by atoms with Crippen molar-refractivity contribution in [1.29, 1.82) is 0 Å². The molecule has 1 heterocycles. The van der Waals surface area contributed by atoms with E-state index in [1.165, 1.54) is 10.7 Å². The lowest BCUT2D eigenvalue weighted by Crippen LogP contribution is -2.48. The summed E-state index contributed by atoms with van der Waals surface area (Å²) in [7, 11) is -3.60. The van der Waals surface area contributed by atoms with Crippen molar-refractivity contribution in [2.75, 3.05) is 5.75 Å². The van der Waals surface area contributed by atoms with Gasteiger partial charge in [0.2, 0.25) is 15.9 Å². The van der Waals surface area contributed by atoms with Crippen LogP contribution in [-0.2, 0) is 14.8 Å². The smallest absolute Gasteiger partial charge is 0.241 e. The van der Waals surface area contributed by atoms with Crippen molar-refractivity contribution in [3.8, 4) is 0 Å². The Labute approximate surface area is 157 Å². The second-order valence-electron chi connectivity index (χ2n) is 9.93. The van der Waals surface area contributed by atoms with E-state index in [-0.39, 0.29) is 34.4 Å². The first-order chi connectivity index (χ1) is 12.1. The Kier molecular flexibility index (Phi) is 4.28. The van der Waals surface area contributed by atoms with Gasteiger partial charge in [-0.05, 0) is 49.4 Å². The highest BCUT2D eigenvalue weighted by Crippen LogP contribution is 2.70. The van der Waals surface area contributed by atoms with E-state index in [0.29, 0.717) is 5.92 Å². The highest BCUT2D eigenvalue weighted by molar-refractivity contribution is 7.90. The van der Waals surface area contributed by atoms with Crippen LogP contribution in [0.1, 0.15) is 72.1 Å². The van der Waals surface area contributed by atoms with Crippen molar-refractivity contribution in [2.45, 2.75) is 84.3 Å². The van der Waals surface area contributed by atoms with Gasteiger partial charge < -0.3 is 5.11 Å². The zero-order chi connectivity index (χ0) is 18.9. The highest BCUT2D eigenvalue weighted by Gasteiger charge is 2.72. The first-order valence-electron chi connectivity index (χ1n) is 10.4. The minimum absolute atomic E-state index is 0.0367. The Morgan fingerprint density at radius 3 is 2.42 bits per heavy atom. The number of amides is 1. The molecule has 1 saturated heterocycles. The number of aliphatic hydroxyl groups excluding tert-OH is 1. The quantitative estimate of drug-likeness (QED) is 0.813. The molecule has 148 valence electrons. The number of aliphatic hydroxyl groups is 1. The first-order valence-corrected chi connectivity index (χ1v) is 12.0. The van der Waals surface area contributed by atoms with Gasteiger partial charge in [-0.15, -0.1) is 0 Å². The molecule has 1 amide bonds. The van der Waals surface area contributed by atoms with Gasteiger partial charge in [-0.3, -0.25) is 4.79 Å². The summed E-state index contributed by atoms with van der Waals surface area (Å²) in [5, 5.41) is 10.8. The molecule has 5 nitrogen and oxygen atoms in total. The topological polar surface area (TPSA) is 74.7 Å². The lowest BCUT2D eigenvalue weighted by atomic mass is 9.69. The van der Waals surface area contributed by atoms with Gasteiger partial charge in [-0.2, -0.15) is 0 Å². The van der Waals surface area contributed by atoms with Gasteiger partial charge in [0.1, 0.15) is 0 Å². The molecular formula is C20H33NO4S. The SMILES string of the molecule is C[C@H](C(=O)N1[C@@H]2C[C@H]3CC[C@]2(CS1(=O)=O)C3(C)C)[C@@H](O)C1CCCCC1. The van der Waals surface area contributed by atoms with Crippen LogP contribution in [0.25, 0.3) is 0 Å². The number of rotatable bonds is 3. The number of hydrogen-bond acceptors (Lipinski definition) is 4. The van der Waals surface area contributed by atoms with Gasteiger partial charge in [0.15, 0.2) is 0 Å². The van der Waals surface area contributed by atoms with Gasteiger partial charge in [0.25, 0.3) is 0 Å². The minimum Gasteiger partial charge on any atom is -0.392 e. The molecule has 0 aromatic carbocycles. The number of sulfonamides is 1. The van der Waals surface area contributed by atoms with Crippen molar-refractivity contribution < 1.29 is 18.3 Å². The number of nitrogens with zero attached hydrogens (tertiary/aromatic N) is 1. The van der Waals surface area contributed by atoms with Crippen LogP contribution in [0.4, 0.5) is 0 Å². The van der Waals surface area contributed by atoms with Gasteiger partial charge in [-0.25, -0.2) is 12.7 Å². The van der Waals surface area contributed by atoms with Crippen LogP contribution in [-0.4, -0.2) is 41.6 Å². The molecule has 6 heteroatoms. The number of carbonyl (C=O) groups excluding carboxylic acids is 1. The van der Waals surface area contributed by atoms with Crippen LogP contribution >= 0.6 is 0 Å². The average molecular weight is 384 g/mol. The summed E-state index contributed by atoms with van der Waals surface area (Å²) >= 11 is 0. The van der Waals surface area contributed by atoms with E-state index in [2.05, 4.69) is 13.8 Å². The van der Waals surface area contributed by atoms with E-state index < -0.39 is 22.0 Å². The summed E-state index contributed by atoms with van der Waals surface area (Å²) in [6.45, 7) is 6.10. The summed E-state index contributed by atoms with van der Waals surface area (Å²) < 4.78 is 27.3. The molecule has 5 atom stereocenters. The highest BCUT2D eigenvalue weighted by atomic mass is 32.2. The van der Waals surface area contributed by atoms with E-state index in [1.54, 1.807) is 6.92 Å². The monoisotopic (exact) mass is 383 g/mol. The summed E-state index contributed by atoms with van der Waals surface area (Å²) in [6, 6.07) is -0.199. The lowest BCUT2D eigenvalue weighted by Gasteiger charge is -2.38. The van der Waals surface area contributed by atoms with Gasteiger partial charge in [0, 0.05) is 5.41 Å². The molecule has 26 heavy (non-hydrogen) atoms. The third-order valence-corrected chi connectivity index (χ3v) is 10.6. The number of carbonyl (C=O) groups is 1. The Balaban J connectivity index is 1.60. The van der Waals surface area contributed by atoms with E-state index in [0.717, 1.165) is 44.9 Å². The molecular weight excluding hydrogens is 350 g/mol. The number of fused-ring (bicyclic) bond motifs is 1. The maximum atomic E-state index is 13.3. The normalized spacial score (nSPS) is 40.4. The van der Waals surface area contributed by atoms with Crippen molar-refractivity contribution in [3.05, 3.63) is 0 Å². The van der Waals surface area contributed by atoms with Crippen molar-refractivity contribution in [2.24, 2.45) is 28.6 Å². The molecule has 4 rings (SSSR count). The summed E-state index contributed by atoms with van der Waals surface area (Å²) in [6.07, 6.45) is 7.28. The molecule has 0 aromatic rings. The molecule has 4 aliphatic rings. The Morgan fingerprint density at radius 2 is 1.81 bits per heavy atom. The first kappa shape index (κ1) is 18.7. The molecule has 3 saturated carbocycles. The third-order valence-electron chi connectivity index (χ3n) is 8.66. The van der Waals surface area contributed by atoms with Crippen LogP contribution < -0.4 is 0 Å². The molecule has 3 aliphatic carbocycles. The summed E-state index contributed by atoms with van der Waals surface area (Å²) in [4.78, 5) is 13.3. The maximum absolute atomic E-state index is 13.3. The van der Waals surface area contributed by atoms with Gasteiger partial charge >= 0.3 is 0 Å². The Morgan fingerprint density at radius 1 is 1.15 bits per heavy atom. The van der Waals surface area contributed by atoms with Crippen molar-refractivity contribution in [3.63, 3.8) is 0 Å². The van der Waals surface area contributed by atoms with Crippen LogP contribution in [0, 0.1) is 28.6 Å². The lowest BCUT2D eigenvalue weighted by molar-refractivity contribution is -0.137. The van der Waals surface area contributed by atoms with E-state index in [4.69, 9.17) is 0 Å². The average Bonchev–Trinajstić information content (AvgIpc) is 3.08. The number of hydrogen-bond donors (Lipinski definition) is 1. The van der Waals surface area contributed by atoms with E-state index >= 15 is 0 Å². The molecule has 0 aromatic heterocycles. The summed E-state index contributed by atoms with van der Waals surface area (Å²) in [5.74, 6) is -0.291. The molecule has 2 bridgehead atoms. The molecule has 0 radical (unpaired) electrons. The van der Waals surface area contributed by atoms with E-state index in [9.17, 15) is 18.3 Å². The fourth-order valence-corrected chi connectivity index (χ4v) is 9.42. The Hall–Kier alpha value is -0.620. The second kappa shape index (κ2) is 5.94. The van der Waals surface area contributed by atoms with Crippen LogP contribution in [0.2, 0.25) is 0 Å². The zero-order valence-electron chi connectivity index (χ0n) is 16.3. The maximum Gasteiger partial charge on any atom is 0.241 e. The second-order valence-corrected chi connectivity index (χ2v) is 11.8. The van der Waals surface area contributed by atoms with Gasteiger partial charge in [-0.1, -0.05) is 40.0 Å². The molecule has 1 N–H and O–H groups in total. The molecule has 1 aliphatic heterocycles. The zero-order valence-corrected chi connectivity index (χ0v) is 17.1. The fourth-order valence-electron chi connectivity index (χ4n) is 6.81. The Bertz CT molecular complexity index is 697. The van der Waals surface area contributed by atoms with Crippen LogP contribution in [0.5, 0.6) is 0 Å². The van der Waals surface area contributed by atoms with Gasteiger partial charge in [0.05, 0.1) is 23.8 Å². The largest absolute Gasteiger partial charge is 0.392 e. The standard InChI is InChI=1S/C20H33NO4S/c1-13(17(22)14-7-5-4-6-8-14)18(23)21-16-11-15-9-10-20(16,19(15,2)3)12-26(21,24)25/h13-17,22H,4-12H2,1-3H3/t13-,15+,16+,17+,20+/m0/s1. The van der Waals surface area contributed by atoms with Crippen molar-refractivity contribution in [1.82, 2.24) is 4.31 Å². The summed E-state index contributed by atoms with van der Waals surface area (Å²) in [5.41, 5.74) is -0.327. The fraction of sp³-hybridized carbons (Fsp3) is 0.950. The molecule has 4 fully saturated rings. The van der Waals surface area contributed by atoms with E-state index in [1.807, 2.05) is 0 Å². The predicted octanol–water partition coefficient (Wildman–Crippen LogP) is 2.93. The molecule has 1 spiro atoms. The third kappa shape index (κ3) is 2.36. The van der Waals surface area contributed by atoms with Crippen molar-refractivity contribution >= 4 is 15.9 Å². The van der Waals surface area contributed by atoms with Crippen LogP contribution in [0.15, 0.2) is 0 Å². The molecule has 0 unspecified atom stereocenters. The van der Waals surface area contributed by atoms with Crippen LogP contribution in [0.3, 0.4) is 0 Å². The minimum atomic E-state index is -3.60.